The molecule has 0 atom stereocenters. The zero-order valence-electron chi connectivity index (χ0n) is 11.0. The number of aryl methyl sites for hydroxylation is 1. The van der Waals surface area contributed by atoms with Crippen LogP contribution in [0.25, 0.3) is 0 Å². The summed E-state index contributed by atoms with van der Waals surface area (Å²) >= 11 is 3.39. The van der Waals surface area contributed by atoms with Crippen LogP contribution < -0.4 is 0 Å². The van der Waals surface area contributed by atoms with Crippen LogP contribution in [0.5, 0.6) is 0 Å². The smallest absolute Gasteiger partial charge is 0.238 e. The van der Waals surface area contributed by atoms with E-state index in [1.807, 2.05) is 20.9 Å². The molecule has 0 spiro atoms. The highest BCUT2D eigenvalue weighted by Gasteiger charge is 2.26. The summed E-state index contributed by atoms with van der Waals surface area (Å²) in [4.78, 5) is 13.7. The van der Waals surface area contributed by atoms with Gasteiger partial charge in [0.2, 0.25) is 5.91 Å². The molecule has 0 bridgehead atoms. The molecule has 1 amide bonds. The molecule has 0 aliphatic rings. The lowest BCUT2D eigenvalue weighted by Crippen LogP contribution is -2.38. The number of rotatable bonds is 4. The number of carbonyl (C=O) groups is 1. The zero-order chi connectivity index (χ0) is 13.1. The van der Waals surface area contributed by atoms with Gasteiger partial charge in [0.1, 0.15) is 0 Å². The van der Waals surface area contributed by atoms with Crippen LogP contribution in [0, 0.1) is 0 Å². The molecule has 2 nitrogen and oxygen atoms in total. The number of amides is 1. The molecular formula is C14H20BrNO. The Bertz CT molecular complexity index is 378. The number of hydrogen-bond donors (Lipinski definition) is 0. The lowest BCUT2D eigenvalue weighted by Gasteiger charge is -2.24. The van der Waals surface area contributed by atoms with Crippen LogP contribution >= 0.6 is 15.9 Å². The van der Waals surface area contributed by atoms with Gasteiger partial charge in [0.25, 0.3) is 0 Å². The summed E-state index contributed by atoms with van der Waals surface area (Å²) < 4.78 is -0.495. The molecule has 0 fully saturated rings. The maximum atomic E-state index is 12.0. The standard InChI is InChI=1S/C14H20BrNO/c1-5-11-6-8-12(9-7-11)10-16(4)13(17)14(2,3)15/h6-9H,5,10H2,1-4H3. The van der Waals surface area contributed by atoms with Crippen molar-refractivity contribution >= 4 is 21.8 Å². The van der Waals surface area contributed by atoms with E-state index >= 15 is 0 Å². The predicted octanol–water partition coefficient (Wildman–Crippen LogP) is 3.38. The lowest BCUT2D eigenvalue weighted by atomic mass is 10.1. The Hall–Kier alpha value is -0.830. The molecule has 0 radical (unpaired) electrons. The normalized spacial score (nSPS) is 11.4. The molecule has 94 valence electrons. The summed E-state index contributed by atoms with van der Waals surface area (Å²) in [5.74, 6) is 0.0945. The van der Waals surface area contributed by atoms with E-state index in [1.165, 1.54) is 5.56 Å². The van der Waals surface area contributed by atoms with Gasteiger partial charge in [-0.2, -0.15) is 0 Å². The molecule has 0 aromatic heterocycles. The van der Waals surface area contributed by atoms with Crippen molar-refractivity contribution in [2.45, 2.75) is 38.1 Å². The average molecular weight is 298 g/mol. The van der Waals surface area contributed by atoms with E-state index in [4.69, 9.17) is 0 Å². The van der Waals surface area contributed by atoms with Crippen molar-refractivity contribution < 1.29 is 4.79 Å². The quantitative estimate of drug-likeness (QED) is 0.780. The fourth-order valence-corrected chi connectivity index (χ4v) is 1.98. The fourth-order valence-electron chi connectivity index (χ4n) is 1.68. The third-order valence-electron chi connectivity index (χ3n) is 2.71. The molecule has 0 saturated carbocycles. The van der Waals surface area contributed by atoms with Gasteiger partial charge in [-0.15, -0.1) is 0 Å². The number of nitrogens with zero attached hydrogens (tertiary/aromatic N) is 1. The van der Waals surface area contributed by atoms with Gasteiger partial charge in [0.05, 0.1) is 4.32 Å². The first-order chi connectivity index (χ1) is 7.84. The van der Waals surface area contributed by atoms with E-state index < -0.39 is 4.32 Å². The molecule has 0 aliphatic heterocycles. The highest BCUT2D eigenvalue weighted by Crippen LogP contribution is 2.19. The molecular weight excluding hydrogens is 278 g/mol. The molecule has 1 aromatic carbocycles. The summed E-state index contributed by atoms with van der Waals surface area (Å²) in [6.45, 7) is 6.52. The molecule has 3 heteroatoms. The number of halogens is 1. The van der Waals surface area contributed by atoms with E-state index in [2.05, 4.69) is 47.1 Å². The topological polar surface area (TPSA) is 20.3 Å². The monoisotopic (exact) mass is 297 g/mol. The van der Waals surface area contributed by atoms with Gasteiger partial charge in [0.15, 0.2) is 0 Å². The average Bonchev–Trinajstić information content (AvgIpc) is 2.27. The van der Waals surface area contributed by atoms with Crippen LogP contribution in [0.15, 0.2) is 24.3 Å². The van der Waals surface area contributed by atoms with Crippen LogP contribution in [-0.2, 0) is 17.8 Å². The first kappa shape index (κ1) is 14.2. The maximum absolute atomic E-state index is 12.0. The molecule has 0 heterocycles. The Labute approximate surface area is 112 Å². The van der Waals surface area contributed by atoms with Crippen molar-refractivity contribution in [3.05, 3.63) is 35.4 Å². The highest BCUT2D eigenvalue weighted by molar-refractivity contribution is 9.10. The maximum Gasteiger partial charge on any atom is 0.238 e. The van der Waals surface area contributed by atoms with Crippen LogP contribution in [0.2, 0.25) is 0 Å². The number of hydrogen-bond acceptors (Lipinski definition) is 1. The van der Waals surface area contributed by atoms with Crippen molar-refractivity contribution in [3.8, 4) is 0 Å². The Balaban J connectivity index is 2.68. The second kappa shape index (κ2) is 5.67. The third-order valence-corrected chi connectivity index (χ3v) is 3.05. The van der Waals surface area contributed by atoms with E-state index in [9.17, 15) is 4.79 Å². The first-order valence-corrected chi connectivity index (χ1v) is 6.66. The van der Waals surface area contributed by atoms with Gasteiger partial charge >= 0.3 is 0 Å². The number of alkyl halides is 1. The second-order valence-corrected chi connectivity index (χ2v) is 6.79. The Morgan fingerprint density at radius 1 is 1.24 bits per heavy atom. The third kappa shape index (κ3) is 4.15. The summed E-state index contributed by atoms with van der Waals surface area (Å²) in [5, 5.41) is 0. The van der Waals surface area contributed by atoms with Crippen molar-refractivity contribution in [2.24, 2.45) is 0 Å². The Kier molecular flexibility index (Phi) is 4.75. The van der Waals surface area contributed by atoms with E-state index in [1.54, 1.807) is 4.90 Å². The van der Waals surface area contributed by atoms with Crippen molar-refractivity contribution in [2.75, 3.05) is 7.05 Å². The van der Waals surface area contributed by atoms with Gasteiger partial charge in [-0.05, 0) is 31.4 Å². The Morgan fingerprint density at radius 3 is 2.12 bits per heavy atom. The molecule has 1 aromatic rings. The second-order valence-electron chi connectivity index (χ2n) is 4.80. The number of benzene rings is 1. The van der Waals surface area contributed by atoms with E-state index in [0.717, 1.165) is 12.0 Å². The molecule has 17 heavy (non-hydrogen) atoms. The van der Waals surface area contributed by atoms with Gasteiger partial charge in [-0.25, -0.2) is 0 Å². The summed E-state index contributed by atoms with van der Waals surface area (Å²) in [6, 6.07) is 8.41. The summed E-state index contributed by atoms with van der Waals surface area (Å²) in [5.41, 5.74) is 2.48. The van der Waals surface area contributed by atoms with Crippen molar-refractivity contribution in [3.63, 3.8) is 0 Å². The summed E-state index contributed by atoms with van der Waals surface area (Å²) in [6.07, 6.45) is 1.05. The van der Waals surface area contributed by atoms with Crippen LogP contribution in [-0.4, -0.2) is 22.2 Å². The SMILES string of the molecule is CCc1ccc(CN(C)C(=O)C(C)(C)Br)cc1. The van der Waals surface area contributed by atoms with Gasteiger partial charge in [-0.1, -0.05) is 47.1 Å². The molecule has 0 aliphatic carbocycles. The molecule has 0 unspecified atom stereocenters. The molecule has 0 saturated heterocycles. The van der Waals surface area contributed by atoms with E-state index in [-0.39, 0.29) is 5.91 Å². The summed E-state index contributed by atoms with van der Waals surface area (Å²) in [7, 11) is 1.83. The zero-order valence-corrected chi connectivity index (χ0v) is 12.5. The van der Waals surface area contributed by atoms with E-state index in [0.29, 0.717) is 6.54 Å². The lowest BCUT2D eigenvalue weighted by molar-refractivity contribution is -0.131. The van der Waals surface area contributed by atoms with Crippen molar-refractivity contribution in [1.29, 1.82) is 0 Å². The molecule has 1 rings (SSSR count). The van der Waals surface area contributed by atoms with Crippen molar-refractivity contribution in [1.82, 2.24) is 4.90 Å². The minimum absolute atomic E-state index is 0.0945. The fraction of sp³-hybridized carbons (Fsp3) is 0.500. The minimum Gasteiger partial charge on any atom is -0.340 e. The Morgan fingerprint density at radius 2 is 1.71 bits per heavy atom. The van der Waals surface area contributed by atoms with Crippen LogP contribution in [0.3, 0.4) is 0 Å². The predicted molar refractivity (Wildman–Crippen MR) is 75.3 cm³/mol. The van der Waals surface area contributed by atoms with Gasteiger partial charge < -0.3 is 4.90 Å². The number of carbonyl (C=O) groups excluding carboxylic acids is 1. The van der Waals surface area contributed by atoms with Gasteiger partial charge in [0, 0.05) is 13.6 Å². The largest absolute Gasteiger partial charge is 0.340 e. The molecule has 0 N–H and O–H groups in total. The van der Waals surface area contributed by atoms with Crippen LogP contribution in [0.1, 0.15) is 31.9 Å². The highest BCUT2D eigenvalue weighted by atomic mass is 79.9. The van der Waals surface area contributed by atoms with Gasteiger partial charge in [-0.3, -0.25) is 4.79 Å². The minimum atomic E-state index is -0.495. The first-order valence-electron chi connectivity index (χ1n) is 5.87. The van der Waals surface area contributed by atoms with Crippen LogP contribution in [0.4, 0.5) is 0 Å².